The number of hydrogen-bond donors (Lipinski definition) is 1. The molecular formula is C13H15BrF3NO3. The molecule has 0 heterocycles. The summed E-state index contributed by atoms with van der Waals surface area (Å²) in [5.74, 6) is -0.373. The third-order valence-electron chi connectivity index (χ3n) is 2.07. The minimum absolute atomic E-state index is 0.153. The third kappa shape index (κ3) is 7.22. The summed E-state index contributed by atoms with van der Waals surface area (Å²) in [7, 11) is 0. The van der Waals surface area contributed by atoms with E-state index in [1.165, 1.54) is 18.2 Å². The highest BCUT2D eigenvalue weighted by molar-refractivity contribution is 9.10. The first kappa shape index (κ1) is 17.6. The van der Waals surface area contributed by atoms with Crippen molar-refractivity contribution in [3.8, 4) is 5.75 Å². The molecule has 0 aliphatic rings. The van der Waals surface area contributed by atoms with Crippen LogP contribution in [0.1, 0.15) is 26.3 Å². The standard InChI is InChI=1S/C13H15BrF3NO3/c1-12(2,3)21-11(19)18-7-8-6-9(14)4-5-10(8)20-13(15,16)17/h4-6H,7H2,1-3H3,(H,18,19). The number of amides is 1. The second-order valence-corrected chi connectivity index (χ2v) is 6.07. The van der Waals surface area contributed by atoms with Crippen molar-refractivity contribution in [3.05, 3.63) is 28.2 Å². The molecule has 0 spiro atoms. The quantitative estimate of drug-likeness (QED) is 0.860. The van der Waals surface area contributed by atoms with Gasteiger partial charge in [-0.25, -0.2) is 4.79 Å². The normalized spacial score (nSPS) is 12.0. The Labute approximate surface area is 128 Å². The summed E-state index contributed by atoms with van der Waals surface area (Å²) < 4.78 is 46.4. The number of carbonyl (C=O) groups excluding carboxylic acids is 1. The highest BCUT2D eigenvalue weighted by Crippen LogP contribution is 2.28. The zero-order valence-electron chi connectivity index (χ0n) is 11.7. The van der Waals surface area contributed by atoms with E-state index in [9.17, 15) is 18.0 Å². The lowest BCUT2D eigenvalue weighted by atomic mass is 10.2. The lowest BCUT2D eigenvalue weighted by molar-refractivity contribution is -0.274. The van der Waals surface area contributed by atoms with Gasteiger partial charge in [0, 0.05) is 16.6 Å². The number of nitrogens with one attached hydrogen (secondary N) is 1. The van der Waals surface area contributed by atoms with Crippen LogP contribution in [-0.4, -0.2) is 18.1 Å². The molecule has 1 aromatic carbocycles. The van der Waals surface area contributed by atoms with Gasteiger partial charge in [0.1, 0.15) is 11.4 Å². The average molecular weight is 370 g/mol. The Kier molecular flexibility index (Phi) is 5.49. The van der Waals surface area contributed by atoms with Crippen LogP contribution in [0, 0.1) is 0 Å². The zero-order valence-corrected chi connectivity index (χ0v) is 13.3. The van der Waals surface area contributed by atoms with E-state index in [-0.39, 0.29) is 17.9 Å². The molecular weight excluding hydrogens is 355 g/mol. The van der Waals surface area contributed by atoms with Gasteiger partial charge in [0.05, 0.1) is 0 Å². The molecule has 21 heavy (non-hydrogen) atoms. The Morgan fingerprint density at radius 3 is 2.43 bits per heavy atom. The molecule has 0 radical (unpaired) electrons. The summed E-state index contributed by atoms with van der Waals surface area (Å²) in [5, 5.41) is 2.38. The van der Waals surface area contributed by atoms with E-state index in [1.54, 1.807) is 20.8 Å². The predicted octanol–water partition coefficient (Wildman–Crippen LogP) is 4.37. The van der Waals surface area contributed by atoms with E-state index >= 15 is 0 Å². The molecule has 0 aliphatic carbocycles. The predicted molar refractivity (Wildman–Crippen MR) is 73.9 cm³/mol. The maximum atomic E-state index is 12.3. The van der Waals surface area contributed by atoms with E-state index in [0.717, 1.165) is 0 Å². The van der Waals surface area contributed by atoms with Crippen LogP contribution >= 0.6 is 15.9 Å². The van der Waals surface area contributed by atoms with Crippen LogP contribution < -0.4 is 10.1 Å². The number of ether oxygens (including phenoxy) is 2. The first-order valence-electron chi connectivity index (χ1n) is 5.97. The Morgan fingerprint density at radius 1 is 1.29 bits per heavy atom. The van der Waals surface area contributed by atoms with Gasteiger partial charge < -0.3 is 14.8 Å². The van der Waals surface area contributed by atoms with Crippen molar-refractivity contribution in [2.24, 2.45) is 0 Å². The molecule has 0 fully saturated rings. The molecule has 0 saturated heterocycles. The molecule has 118 valence electrons. The molecule has 0 unspecified atom stereocenters. The molecule has 1 N–H and O–H groups in total. The molecule has 1 aromatic rings. The second-order valence-electron chi connectivity index (χ2n) is 5.16. The summed E-state index contributed by atoms with van der Waals surface area (Å²) in [6.07, 6.45) is -5.52. The molecule has 4 nitrogen and oxygen atoms in total. The van der Waals surface area contributed by atoms with E-state index in [1.807, 2.05) is 0 Å². The fourth-order valence-corrected chi connectivity index (χ4v) is 1.80. The summed E-state index contributed by atoms with van der Waals surface area (Å²) >= 11 is 3.15. The van der Waals surface area contributed by atoms with Gasteiger partial charge in [-0.2, -0.15) is 0 Å². The van der Waals surface area contributed by atoms with Gasteiger partial charge in [0.15, 0.2) is 0 Å². The fraction of sp³-hybridized carbons (Fsp3) is 0.462. The summed E-state index contributed by atoms with van der Waals surface area (Å²) in [6, 6.07) is 4.01. The maximum absolute atomic E-state index is 12.3. The van der Waals surface area contributed by atoms with Crippen molar-refractivity contribution >= 4 is 22.0 Å². The smallest absolute Gasteiger partial charge is 0.444 e. The number of halogens is 4. The molecule has 8 heteroatoms. The molecule has 1 amide bonds. The van der Waals surface area contributed by atoms with Crippen LogP contribution in [0.25, 0.3) is 0 Å². The third-order valence-corrected chi connectivity index (χ3v) is 2.56. The maximum Gasteiger partial charge on any atom is 0.573 e. The van der Waals surface area contributed by atoms with Gasteiger partial charge in [-0.3, -0.25) is 0 Å². The molecule has 0 bridgehead atoms. The topological polar surface area (TPSA) is 47.6 Å². The first-order valence-corrected chi connectivity index (χ1v) is 6.76. The lowest BCUT2D eigenvalue weighted by Gasteiger charge is -2.20. The Bertz CT molecular complexity index is 512. The van der Waals surface area contributed by atoms with Crippen molar-refractivity contribution in [1.82, 2.24) is 5.32 Å². The van der Waals surface area contributed by atoms with Crippen molar-refractivity contribution < 1.29 is 27.4 Å². The molecule has 1 rings (SSSR count). The van der Waals surface area contributed by atoms with Gasteiger partial charge in [0.25, 0.3) is 0 Å². The molecule has 0 saturated carbocycles. The lowest BCUT2D eigenvalue weighted by Crippen LogP contribution is -2.32. The summed E-state index contributed by atoms with van der Waals surface area (Å²) in [6.45, 7) is 4.90. The van der Waals surface area contributed by atoms with Crippen LogP contribution in [0.2, 0.25) is 0 Å². The fourth-order valence-electron chi connectivity index (χ4n) is 1.39. The summed E-state index contributed by atoms with van der Waals surface area (Å²) in [4.78, 5) is 11.5. The highest BCUT2D eigenvalue weighted by Gasteiger charge is 2.32. The Hall–Kier alpha value is -1.44. The van der Waals surface area contributed by atoms with Gasteiger partial charge in [0.2, 0.25) is 0 Å². The van der Waals surface area contributed by atoms with E-state index in [0.29, 0.717) is 4.47 Å². The second kappa shape index (κ2) is 6.55. The van der Waals surface area contributed by atoms with Crippen LogP contribution in [0.15, 0.2) is 22.7 Å². The number of benzene rings is 1. The van der Waals surface area contributed by atoms with Crippen LogP contribution in [-0.2, 0) is 11.3 Å². The number of alkyl halides is 3. The highest BCUT2D eigenvalue weighted by atomic mass is 79.9. The van der Waals surface area contributed by atoms with Gasteiger partial charge in [-0.05, 0) is 39.0 Å². The van der Waals surface area contributed by atoms with Crippen LogP contribution in [0.5, 0.6) is 5.75 Å². The SMILES string of the molecule is CC(C)(C)OC(=O)NCc1cc(Br)ccc1OC(F)(F)F. The van der Waals surface area contributed by atoms with E-state index in [4.69, 9.17) is 4.74 Å². The van der Waals surface area contributed by atoms with Gasteiger partial charge in [-0.15, -0.1) is 13.2 Å². The number of rotatable bonds is 3. The van der Waals surface area contributed by atoms with Gasteiger partial charge in [-0.1, -0.05) is 15.9 Å². The minimum atomic E-state index is -4.80. The average Bonchev–Trinajstić information content (AvgIpc) is 2.25. The van der Waals surface area contributed by atoms with E-state index < -0.39 is 18.1 Å². The Morgan fingerprint density at radius 2 is 1.90 bits per heavy atom. The van der Waals surface area contributed by atoms with Crippen molar-refractivity contribution in [2.45, 2.75) is 39.3 Å². The molecule has 0 aliphatic heterocycles. The van der Waals surface area contributed by atoms with Crippen molar-refractivity contribution in [3.63, 3.8) is 0 Å². The largest absolute Gasteiger partial charge is 0.573 e. The molecule has 0 aromatic heterocycles. The number of alkyl carbamates (subject to hydrolysis) is 1. The van der Waals surface area contributed by atoms with Crippen LogP contribution in [0.3, 0.4) is 0 Å². The first-order chi connectivity index (χ1) is 9.46. The van der Waals surface area contributed by atoms with Gasteiger partial charge >= 0.3 is 12.5 Å². The van der Waals surface area contributed by atoms with E-state index in [2.05, 4.69) is 26.0 Å². The molecule has 0 atom stereocenters. The van der Waals surface area contributed by atoms with Crippen molar-refractivity contribution in [1.29, 1.82) is 0 Å². The van der Waals surface area contributed by atoms with Crippen molar-refractivity contribution in [2.75, 3.05) is 0 Å². The van der Waals surface area contributed by atoms with Crippen LogP contribution in [0.4, 0.5) is 18.0 Å². The summed E-state index contributed by atoms with van der Waals surface area (Å²) in [5.41, 5.74) is -0.514. The zero-order chi connectivity index (χ0) is 16.3. The number of carbonyl (C=O) groups is 1. The number of hydrogen-bond acceptors (Lipinski definition) is 3. The monoisotopic (exact) mass is 369 g/mol. The minimum Gasteiger partial charge on any atom is -0.444 e. The Balaban J connectivity index is 2.78.